The molecule has 0 saturated carbocycles. The Hall–Kier alpha value is -1.08. The fraction of sp³-hybridized carbons (Fsp3) is 0.846. The quantitative estimate of drug-likeness (QED) is 0.789. The molecule has 1 fully saturated rings. The van der Waals surface area contributed by atoms with Crippen LogP contribution in [0.3, 0.4) is 0 Å². The van der Waals surface area contributed by atoms with Crippen LogP contribution in [0.1, 0.15) is 39.5 Å². The Balaban J connectivity index is 2.26. The Morgan fingerprint density at radius 2 is 2.00 bits per heavy atom. The van der Waals surface area contributed by atoms with Gasteiger partial charge in [0.1, 0.15) is 0 Å². The lowest BCUT2D eigenvalue weighted by Crippen LogP contribution is -2.44. The van der Waals surface area contributed by atoms with E-state index in [-0.39, 0.29) is 11.8 Å². The number of nitrogens with one attached hydrogen (secondary N) is 1. The number of piperidine rings is 1. The molecule has 0 unspecified atom stereocenters. The largest absolute Gasteiger partial charge is 0.352 e. The van der Waals surface area contributed by atoms with Crippen LogP contribution in [0.2, 0.25) is 0 Å². The monoisotopic (exact) mass is 237 g/mol. The van der Waals surface area contributed by atoms with Crippen molar-refractivity contribution in [2.75, 3.05) is 19.6 Å². The van der Waals surface area contributed by atoms with Crippen molar-refractivity contribution in [3.8, 4) is 6.07 Å². The summed E-state index contributed by atoms with van der Waals surface area (Å²) in [5, 5.41) is 11.8. The summed E-state index contributed by atoms with van der Waals surface area (Å²) in [6.07, 6.45) is 3.76. The van der Waals surface area contributed by atoms with E-state index < -0.39 is 0 Å². The Kier molecular flexibility index (Phi) is 5.99. The predicted molar refractivity (Wildman–Crippen MR) is 67.3 cm³/mol. The number of amides is 1. The van der Waals surface area contributed by atoms with E-state index in [1.807, 2.05) is 0 Å². The van der Waals surface area contributed by atoms with Crippen molar-refractivity contribution < 1.29 is 4.79 Å². The van der Waals surface area contributed by atoms with Crippen molar-refractivity contribution in [2.45, 2.75) is 45.6 Å². The van der Waals surface area contributed by atoms with Crippen LogP contribution in [0.4, 0.5) is 0 Å². The molecule has 0 aromatic carbocycles. The van der Waals surface area contributed by atoms with Gasteiger partial charge in [0.15, 0.2) is 0 Å². The van der Waals surface area contributed by atoms with Gasteiger partial charge in [-0.2, -0.15) is 5.26 Å². The molecule has 0 radical (unpaired) electrons. The molecular weight excluding hydrogens is 214 g/mol. The van der Waals surface area contributed by atoms with Gasteiger partial charge in [0.25, 0.3) is 0 Å². The Labute approximate surface area is 104 Å². The molecule has 0 bridgehead atoms. The third-order valence-electron chi connectivity index (χ3n) is 3.49. The van der Waals surface area contributed by atoms with E-state index >= 15 is 0 Å². The molecule has 1 aliphatic rings. The first-order valence-corrected chi connectivity index (χ1v) is 6.60. The maximum atomic E-state index is 11.8. The van der Waals surface area contributed by atoms with Gasteiger partial charge in [-0.3, -0.25) is 9.69 Å². The number of carbonyl (C=O) groups is 1. The second-order valence-corrected chi connectivity index (χ2v) is 4.76. The van der Waals surface area contributed by atoms with Crippen LogP contribution in [0.25, 0.3) is 0 Å². The van der Waals surface area contributed by atoms with E-state index in [4.69, 9.17) is 5.26 Å². The van der Waals surface area contributed by atoms with E-state index in [1.54, 1.807) is 0 Å². The van der Waals surface area contributed by atoms with Crippen LogP contribution < -0.4 is 5.32 Å². The van der Waals surface area contributed by atoms with E-state index in [0.29, 0.717) is 12.6 Å². The summed E-state index contributed by atoms with van der Waals surface area (Å²) < 4.78 is 0. The SMILES string of the molecule is CCC(CC)NC(=O)CN1CCC(C#N)CC1. The topological polar surface area (TPSA) is 56.1 Å². The molecule has 1 heterocycles. The van der Waals surface area contributed by atoms with E-state index in [0.717, 1.165) is 38.8 Å². The van der Waals surface area contributed by atoms with Gasteiger partial charge in [0.05, 0.1) is 12.6 Å². The van der Waals surface area contributed by atoms with Crippen LogP contribution in [-0.4, -0.2) is 36.5 Å². The highest BCUT2D eigenvalue weighted by Gasteiger charge is 2.20. The maximum Gasteiger partial charge on any atom is 0.234 e. The minimum absolute atomic E-state index is 0.120. The third-order valence-corrected chi connectivity index (χ3v) is 3.49. The van der Waals surface area contributed by atoms with Crippen molar-refractivity contribution in [2.24, 2.45) is 5.92 Å². The summed E-state index contributed by atoms with van der Waals surface area (Å²) in [7, 11) is 0. The first kappa shape index (κ1) is 14.0. The third kappa shape index (κ3) is 4.74. The van der Waals surface area contributed by atoms with E-state index in [9.17, 15) is 4.79 Å². The highest BCUT2D eigenvalue weighted by Crippen LogP contribution is 2.15. The number of carbonyl (C=O) groups excluding carboxylic acids is 1. The van der Waals surface area contributed by atoms with Gasteiger partial charge in [-0.25, -0.2) is 0 Å². The molecule has 17 heavy (non-hydrogen) atoms. The second kappa shape index (κ2) is 7.29. The zero-order valence-corrected chi connectivity index (χ0v) is 10.9. The number of nitrogens with zero attached hydrogens (tertiary/aromatic N) is 2. The average Bonchev–Trinajstić information content (AvgIpc) is 2.37. The van der Waals surface area contributed by atoms with Gasteiger partial charge < -0.3 is 5.32 Å². The van der Waals surface area contributed by atoms with Gasteiger partial charge in [-0.05, 0) is 38.8 Å². The lowest BCUT2D eigenvalue weighted by atomic mass is 9.99. The smallest absolute Gasteiger partial charge is 0.234 e. The minimum atomic E-state index is 0.120. The lowest BCUT2D eigenvalue weighted by Gasteiger charge is -2.28. The normalized spacial score (nSPS) is 18.0. The molecule has 0 atom stereocenters. The molecule has 4 nitrogen and oxygen atoms in total. The maximum absolute atomic E-state index is 11.8. The van der Waals surface area contributed by atoms with Crippen LogP contribution in [0.5, 0.6) is 0 Å². The van der Waals surface area contributed by atoms with Crippen molar-refractivity contribution in [3.63, 3.8) is 0 Å². The van der Waals surface area contributed by atoms with Crippen LogP contribution in [-0.2, 0) is 4.79 Å². The standard InChI is InChI=1S/C13H23N3O/c1-3-12(4-2)15-13(17)10-16-7-5-11(9-14)6-8-16/h11-12H,3-8,10H2,1-2H3,(H,15,17). The molecule has 4 heteroatoms. The first-order valence-electron chi connectivity index (χ1n) is 6.60. The molecule has 0 aromatic heterocycles. The molecule has 1 N–H and O–H groups in total. The molecule has 1 saturated heterocycles. The summed E-state index contributed by atoms with van der Waals surface area (Å²) in [5.74, 6) is 0.308. The molecule has 0 aliphatic carbocycles. The van der Waals surface area contributed by atoms with Crippen LogP contribution >= 0.6 is 0 Å². The number of rotatable bonds is 5. The number of likely N-dealkylation sites (tertiary alicyclic amines) is 1. The Morgan fingerprint density at radius 3 is 2.47 bits per heavy atom. The highest BCUT2D eigenvalue weighted by atomic mass is 16.2. The van der Waals surface area contributed by atoms with Gasteiger partial charge >= 0.3 is 0 Å². The summed E-state index contributed by atoms with van der Waals surface area (Å²) in [5.41, 5.74) is 0. The van der Waals surface area contributed by atoms with Gasteiger partial charge in [0.2, 0.25) is 5.91 Å². The van der Waals surface area contributed by atoms with E-state index in [1.165, 1.54) is 0 Å². The molecular formula is C13H23N3O. The summed E-state index contributed by atoms with van der Waals surface area (Å²) >= 11 is 0. The van der Waals surface area contributed by atoms with Crippen molar-refractivity contribution in [3.05, 3.63) is 0 Å². The van der Waals surface area contributed by atoms with E-state index in [2.05, 4.69) is 30.1 Å². The zero-order valence-electron chi connectivity index (χ0n) is 10.9. The second-order valence-electron chi connectivity index (χ2n) is 4.76. The molecule has 0 spiro atoms. The predicted octanol–water partition coefficient (Wildman–Crippen LogP) is 1.53. The van der Waals surface area contributed by atoms with Gasteiger partial charge in [-0.15, -0.1) is 0 Å². The molecule has 96 valence electrons. The fourth-order valence-corrected chi connectivity index (χ4v) is 2.19. The molecule has 0 aromatic rings. The minimum Gasteiger partial charge on any atom is -0.352 e. The Bertz CT molecular complexity index is 273. The van der Waals surface area contributed by atoms with Crippen molar-refractivity contribution >= 4 is 5.91 Å². The fourth-order valence-electron chi connectivity index (χ4n) is 2.19. The number of nitriles is 1. The number of hydrogen-bond acceptors (Lipinski definition) is 3. The lowest BCUT2D eigenvalue weighted by molar-refractivity contribution is -0.123. The summed E-state index contributed by atoms with van der Waals surface area (Å²) in [6, 6.07) is 2.61. The molecule has 1 amide bonds. The van der Waals surface area contributed by atoms with Gasteiger partial charge in [0, 0.05) is 12.0 Å². The summed E-state index contributed by atoms with van der Waals surface area (Å²) in [6.45, 7) is 6.40. The molecule has 1 rings (SSSR count). The van der Waals surface area contributed by atoms with Crippen molar-refractivity contribution in [1.82, 2.24) is 10.2 Å². The van der Waals surface area contributed by atoms with Crippen molar-refractivity contribution in [1.29, 1.82) is 5.26 Å². The highest BCUT2D eigenvalue weighted by molar-refractivity contribution is 5.78. The van der Waals surface area contributed by atoms with Gasteiger partial charge in [-0.1, -0.05) is 13.8 Å². The van der Waals surface area contributed by atoms with Crippen LogP contribution in [0, 0.1) is 17.2 Å². The Morgan fingerprint density at radius 1 is 1.41 bits per heavy atom. The number of hydrogen-bond donors (Lipinski definition) is 1. The zero-order chi connectivity index (χ0) is 12.7. The average molecular weight is 237 g/mol. The molecule has 1 aliphatic heterocycles. The summed E-state index contributed by atoms with van der Waals surface area (Å²) in [4.78, 5) is 13.9. The van der Waals surface area contributed by atoms with Crippen LogP contribution in [0.15, 0.2) is 0 Å². The first-order chi connectivity index (χ1) is 8.19.